The smallest absolute Gasteiger partial charge is 0.152 e. The molecule has 0 N–H and O–H groups in total. The quantitative estimate of drug-likeness (QED) is 0.611. The summed E-state index contributed by atoms with van der Waals surface area (Å²) in [4.78, 5) is 7.22. The molecule has 9 heavy (non-hydrogen) atoms. The molecule has 0 bridgehead atoms. The minimum atomic E-state index is 0.973. The van der Waals surface area contributed by atoms with Crippen molar-refractivity contribution in [2.45, 2.75) is 6.54 Å². The van der Waals surface area contributed by atoms with Crippen LogP contribution >= 0.6 is 11.3 Å². The van der Waals surface area contributed by atoms with Crippen LogP contribution in [-0.4, -0.2) is 24.0 Å². The second-order valence-corrected chi connectivity index (χ2v) is 3.07. The van der Waals surface area contributed by atoms with Gasteiger partial charge < -0.3 is 4.90 Å². The van der Waals surface area contributed by atoms with Gasteiger partial charge in [0.05, 0.1) is 0 Å². The van der Waals surface area contributed by atoms with E-state index >= 15 is 0 Å². The zero-order chi connectivity index (χ0) is 6.69. The van der Waals surface area contributed by atoms with Crippen molar-refractivity contribution in [1.29, 1.82) is 0 Å². The summed E-state index contributed by atoms with van der Waals surface area (Å²) in [6.07, 6.45) is 1.85. The van der Waals surface area contributed by atoms with Crippen LogP contribution in [0.4, 0.5) is 0 Å². The van der Waals surface area contributed by atoms with Gasteiger partial charge in [0.15, 0.2) is 5.51 Å². The van der Waals surface area contributed by atoms with Crippen LogP contribution < -0.4 is 0 Å². The maximum absolute atomic E-state index is 3.84. The van der Waals surface area contributed by atoms with Crippen molar-refractivity contribution in [2.75, 3.05) is 14.1 Å². The van der Waals surface area contributed by atoms with Gasteiger partial charge in [0.2, 0.25) is 0 Å². The highest BCUT2D eigenvalue weighted by atomic mass is 32.1. The van der Waals surface area contributed by atoms with E-state index in [-0.39, 0.29) is 0 Å². The number of aromatic nitrogens is 1. The molecule has 0 aromatic carbocycles. The maximum Gasteiger partial charge on any atom is 0.152 e. The lowest BCUT2D eigenvalue weighted by molar-refractivity contribution is 0.406. The first-order chi connectivity index (χ1) is 4.29. The summed E-state index contributed by atoms with van der Waals surface area (Å²) in [6.45, 7) is 0.973. The van der Waals surface area contributed by atoms with Crippen LogP contribution in [0.2, 0.25) is 0 Å². The maximum atomic E-state index is 3.84. The molecule has 0 aliphatic rings. The van der Waals surface area contributed by atoms with E-state index in [1.54, 1.807) is 11.3 Å². The van der Waals surface area contributed by atoms with Gasteiger partial charge >= 0.3 is 0 Å². The third kappa shape index (κ3) is 2.11. The van der Waals surface area contributed by atoms with Crippen LogP contribution in [0.1, 0.15) is 4.88 Å². The van der Waals surface area contributed by atoms with Crippen molar-refractivity contribution in [1.82, 2.24) is 9.88 Å². The molecule has 0 atom stereocenters. The summed E-state index contributed by atoms with van der Waals surface area (Å²) in [5, 5.41) is 0. The molecule has 49 valence electrons. The average Bonchev–Trinajstić information content (AvgIpc) is 2.15. The fourth-order valence-corrected chi connectivity index (χ4v) is 1.25. The Labute approximate surface area is 59.1 Å². The van der Waals surface area contributed by atoms with Crippen LogP contribution in [0.25, 0.3) is 0 Å². The van der Waals surface area contributed by atoms with E-state index in [1.165, 1.54) is 4.88 Å². The molecule has 0 unspecified atom stereocenters. The van der Waals surface area contributed by atoms with Gasteiger partial charge in [-0.05, 0) is 14.1 Å². The molecule has 1 heterocycles. The van der Waals surface area contributed by atoms with Crippen molar-refractivity contribution >= 4 is 11.3 Å². The van der Waals surface area contributed by atoms with Gasteiger partial charge in [-0.1, -0.05) is 0 Å². The standard InChI is InChI=1S/C6H9N2S/c1-8(2)4-6-3-7-5-9-6/h3H,4H2,1-2H3. The third-order valence-corrected chi connectivity index (χ3v) is 1.60. The first-order valence-corrected chi connectivity index (χ1v) is 3.56. The lowest BCUT2D eigenvalue weighted by Gasteiger charge is -2.04. The van der Waals surface area contributed by atoms with Gasteiger partial charge in [-0.15, -0.1) is 11.3 Å². The second-order valence-electron chi connectivity index (χ2n) is 2.16. The van der Waals surface area contributed by atoms with Crippen LogP contribution in [0.3, 0.4) is 0 Å². The fraction of sp³-hybridized carbons (Fsp3) is 0.500. The first-order valence-electron chi connectivity index (χ1n) is 2.74. The Morgan fingerprint density at radius 2 is 2.56 bits per heavy atom. The molecule has 0 amide bonds. The highest BCUT2D eigenvalue weighted by Gasteiger charge is 1.94. The molecule has 0 fully saturated rings. The molecule has 0 saturated carbocycles. The number of hydrogen-bond donors (Lipinski definition) is 0. The van der Waals surface area contributed by atoms with Crippen molar-refractivity contribution in [3.8, 4) is 0 Å². The van der Waals surface area contributed by atoms with Gasteiger partial charge in [0, 0.05) is 17.6 Å². The van der Waals surface area contributed by atoms with E-state index in [0.29, 0.717) is 0 Å². The topological polar surface area (TPSA) is 16.1 Å². The molecule has 0 spiro atoms. The summed E-state index contributed by atoms with van der Waals surface area (Å²) in [6, 6.07) is 0. The largest absolute Gasteiger partial charge is 0.304 e. The van der Waals surface area contributed by atoms with Crippen molar-refractivity contribution in [3.05, 3.63) is 16.6 Å². The highest BCUT2D eigenvalue weighted by molar-refractivity contribution is 7.09. The predicted octanol–water partition coefficient (Wildman–Crippen LogP) is 1.00. The zero-order valence-electron chi connectivity index (χ0n) is 5.59. The van der Waals surface area contributed by atoms with Crippen molar-refractivity contribution < 1.29 is 0 Å². The summed E-state index contributed by atoms with van der Waals surface area (Å²) in [7, 11) is 4.08. The Balaban J connectivity index is 2.48. The highest BCUT2D eigenvalue weighted by Crippen LogP contribution is 2.05. The summed E-state index contributed by atoms with van der Waals surface area (Å²) in [5.74, 6) is 0. The summed E-state index contributed by atoms with van der Waals surface area (Å²) in [5.41, 5.74) is 2.80. The number of hydrogen-bond acceptors (Lipinski definition) is 3. The molecule has 0 saturated heterocycles. The summed E-state index contributed by atoms with van der Waals surface area (Å²) < 4.78 is 0. The monoisotopic (exact) mass is 141 g/mol. The number of nitrogens with zero attached hydrogens (tertiary/aromatic N) is 2. The molecular formula is C6H9N2S. The van der Waals surface area contributed by atoms with Crippen LogP contribution in [0, 0.1) is 5.51 Å². The molecule has 0 aliphatic heterocycles. The molecular weight excluding hydrogens is 132 g/mol. The average molecular weight is 141 g/mol. The first kappa shape index (κ1) is 6.71. The van der Waals surface area contributed by atoms with Gasteiger partial charge in [0.25, 0.3) is 0 Å². The molecule has 3 heteroatoms. The molecule has 1 aromatic heterocycles. The Bertz CT molecular complexity index is 158. The fourth-order valence-electron chi connectivity index (χ4n) is 0.594. The van der Waals surface area contributed by atoms with E-state index in [9.17, 15) is 0 Å². The van der Waals surface area contributed by atoms with Crippen molar-refractivity contribution in [3.63, 3.8) is 0 Å². The van der Waals surface area contributed by atoms with Gasteiger partial charge in [-0.3, -0.25) is 0 Å². The molecule has 1 aromatic rings. The summed E-state index contributed by atoms with van der Waals surface area (Å²) >= 11 is 1.57. The molecule has 0 aliphatic carbocycles. The minimum absolute atomic E-state index is 0.973. The van der Waals surface area contributed by atoms with E-state index in [0.717, 1.165) is 6.54 Å². The van der Waals surface area contributed by atoms with Crippen LogP contribution in [0.5, 0.6) is 0 Å². The number of thiazole rings is 1. The van der Waals surface area contributed by atoms with Gasteiger partial charge in [-0.25, -0.2) is 4.98 Å². The predicted molar refractivity (Wildman–Crippen MR) is 38.3 cm³/mol. The van der Waals surface area contributed by atoms with Crippen molar-refractivity contribution in [2.24, 2.45) is 0 Å². The SMILES string of the molecule is CN(C)Cc1cn[c]s1. The molecule has 2 nitrogen and oxygen atoms in total. The number of rotatable bonds is 2. The van der Waals surface area contributed by atoms with Crippen LogP contribution in [-0.2, 0) is 6.54 Å². The van der Waals surface area contributed by atoms with E-state index in [1.807, 2.05) is 20.3 Å². The third-order valence-electron chi connectivity index (χ3n) is 0.910. The van der Waals surface area contributed by atoms with Gasteiger partial charge in [-0.2, -0.15) is 0 Å². The lowest BCUT2D eigenvalue weighted by Crippen LogP contribution is -2.09. The second kappa shape index (κ2) is 2.94. The Kier molecular flexibility index (Phi) is 2.19. The van der Waals surface area contributed by atoms with E-state index in [4.69, 9.17) is 0 Å². The lowest BCUT2D eigenvalue weighted by atomic mass is 10.5. The van der Waals surface area contributed by atoms with E-state index in [2.05, 4.69) is 15.4 Å². The Morgan fingerprint density at radius 3 is 3.00 bits per heavy atom. The Hall–Kier alpha value is -0.410. The van der Waals surface area contributed by atoms with Gasteiger partial charge in [0.1, 0.15) is 0 Å². The Morgan fingerprint density at radius 1 is 1.78 bits per heavy atom. The normalized spacial score (nSPS) is 10.6. The van der Waals surface area contributed by atoms with Crippen LogP contribution in [0.15, 0.2) is 6.20 Å². The van der Waals surface area contributed by atoms with E-state index < -0.39 is 0 Å². The molecule has 1 rings (SSSR count). The minimum Gasteiger partial charge on any atom is -0.304 e. The molecule has 1 radical (unpaired) electrons. The zero-order valence-corrected chi connectivity index (χ0v) is 6.40.